The fraction of sp³-hybridized carbons (Fsp3) is 0.421. The Bertz CT molecular complexity index is 822. The monoisotopic (exact) mass is 338 g/mol. The summed E-state index contributed by atoms with van der Waals surface area (Å²) in [5, 5.41) is 3.41. The molecule has 6 nitrogen and oxygen atoms in total. The molecule has 1 aromatic carbocycles. The first-order valence-corrected chi connectivity index (χ1v) is 8.95. The largest absolute Gasteiger partial charge is 0.364 e. The highest BCUT2D eigenvalue weighted by Gasteiger charge is 2.09. The van der Waals surface area contributed by atoms with Crippen LogP contribution in [0.4, 0.5) is 5.82 Å². The SMILES string of the molecule is CCN(CC)Cc1cccc(CNc2ncnc3c2ncn3CC)c1. The molecule has 0 atom stereocenters. The second-order valence-corrected chi connectivity index (χ2v) is 6.06. The van der Waals surface area contributed by atoms with Crippen LogP contribution in [0.5, 0.6) is 0 Å². The number of hydrogen-bond acceptors (Lipinski definition) is 5. The molecule has 0 aliphatic heterocycles. The Morgan fingerprint density at radius 3 is 2.60 bits per heavy atom. The Morgan fingerprint density at radius 2 is 1.84 bits per heavy atom. The lowest BCUT2D eigenvalue weighted by atomic mass is 10.1. The van der Waals surface area contributed by atoms with Crippen LogP contribution in [0, 0.1) is 0 Å². The molecule has 0 unspecified atom stereocenters. The minimum absolute atomic E-state index is 0.719. The lowest BCUT2D eigenvalue weighted by Crippen LogP contribution is -2.22. The molecule has 0 fully saturated rings. The minimum atomic E-state index is 0.719. The summed E-state index contributed by atoms with van der Waals surface area (Å²) in [5.41, 5.74) is 4.27. The molecule has 0 aliphatic carbocycles. The Morgan fingerprint density at radius 1 is 1.04 bits per heavy atom. The van der Waals surface area contributed by atoms with Gasteiger partial charge in [-0.2, -0.15) is 0 Å². The van der Waals surface area contributed by atoms with E-state index in [1.807, 2.05) is 10.9 Å². The molecule has 0 radical (unpaired) electrons. The van der Waals surface area contributed by atoms with Gasteiger partial charge in [-0.25, -0.2) is 15.0 Å². The van der Waals surface area contributed by atoms with E-state index in [9.17, 15) is 0 Å². The first-order valence-electron chi connectivity index (χ1n) is 8.95. The fourth-order valence-corrected chi connectivity index (χ4v) is 2.97. The van der Waals surface area contributed by atoms with E-state index >= 15 is 0 Å². The third kappa shape index (κ3) is 3.96. The van der Waals surface area contributed by atoms with Crippen LogP contribution < -0.4 is 5.32 Å². The highest BCUT2D eigenvalue weighted by atomic mass is 15.1. The summed E-state index contributed by atoms with van der Waals surface area (Å²) in [4.78, 5) is 15.6. The summed E-state index contributed by atoms with van der Waals surface area (Å²) in [6, 6.07) is 8.71. The molecule has 0 saturated heterocycles. The smallest absolute Gasteiger partial charge is 0.165 e. The lowest BCUT2D eigenvalue weighted by Gasteiger charge is -2.18. The van der Waals surface area contributed by atoms with Gasteiger partial charge in [-0.05, 0) is 31.1 Å². The van der Waals surface area contributed by atoms with Gasteiger partial charge in [0, 0.05) is 19.6 Å². The predicted molar refractivity (Wildman–Crippen MR) is 101 cm³/mol. The molecule has 2 heterocycles. The van der Waals surface area contributed by atoms with Crippen molar-refractivity contribution < 1.29 is 0 Å². The van der Waals surface area contributed by atoms with Crippen LogP contribution in [0.15, 0.2) is 36.9 Å². The van der Waals surface area contributed by atoms with Crippen molar-refractivity contribution in [1.29, 1.82) is 0 Å². The first-order chi connectivity index (χ1) is 12.2. The van der Waals surface area contributed by atoms with Gasteiger partial charge in [0.2, 0.25) is 0 Å². The minimum Gasteiger partial charge on any atom is -0.364 e. The summed E-state index contributed by atoms with van der Waals surface area (Å²) < 4.78 is 2.02. The highest BCUT2D eigenvalue weighted by Crippen LogP contribution is 2.18. The summed E-state index contributed by atoms with van der Waals surface area (Å²) in [5.74, 6) is 0.784. The van der Waals surface area contributed by atoms with E-state index in [1.165, 1.54) is 11.1 Å². The van der Waals surface area contributed by atoms with Crippen LogP contribution >= 0.6 is 0 Å². The Kier molecular flexibility index (Phi) is 5.60. The van der Waals surface area contributed by atoms with E-state index < -0.39 is 0 Å². The maximum atomic E-state index is 4.45. The molecule has 2 aromatic heterocycles. The van der Waals surface area contributed by atoms with Gasteiger partial charge in [-0.1, -0.05) is 38.1 Å². The number of anilines is 1. The van der Waals surface area contributed by atoms with Crippen LogP contribution in [0.2, 0.25) is 0 Å². The molecule has 6 heteroatoms. The average molecular weight is 338 g/mol. The summed E-state index contributed by atoms with van der Waals surface area (Å²) in [7, 11) is 0. The van der Waals surface area contributed by atoms with Crippen molar-refractivity contribution in [3.63, 3.8) is 0 Å². The quantitative estimate of drug-likeness (QED) is 0.683. The van der Waals surface area contributed by atoms with Crippen LogP contribution in [0.25, 0.3) is 11.2 Å². The van der Waals surface area contributed by atoms with Gasteiger partial charge in [-0.15, -0.1) is 0 Å². The maximum absolute atomic E-state index is 4.45. The molecule has 0 bridgehead atoms. The van der Waals surface area contributed by atoms with E-state index in [2.05, 4.69) is 70.2 Å². The number of imidazole rings is 1. The van der Waals surface area contributed by atoms with Crippen molar-refractivity contribution in [2.45, 2.75) is 40.4 Å². The van der Waals surface area contributed by atoms with Gasteiger partial charge < -0.3 is 9.88 Å². The second kappa shape index (κ2) is 8.07. The molecule has 0 amide bonds. The molecular weight excluding hydrogens is 312 g/mol. The topological polar surface area (TPSA) is 58.9 Å². The van der Waals surface area contributed by atoms with Crippen LogP contribution in [-0.2, 0) is 19.6 Å². The molecule has 0 saturated carbocycles. The first kappa shape index (κ1) is 17.4. The Balaban J connectivity index is 1.73. The number of rotatable bonds is 8. The van der Waals surface area contributed by atoms with Gasteiger partial charge in [0.05, 0.1) is 6.33 Å². The molecule has 0 aliphatic rings. The van der Waals surface area contributed by atoms with E-state index in [1.54, 1.807) is 6.33 Å². The predicted octanol–water partition coefficient (Wildman–Crippen LogP) is 3.30. The molecule has 0 spiro atoms. The van der Waals surface area contributed by atoms with Crippen molar-refractivity contribution in [3.8, 4) is 0 Å². The van der Waals surface area contributed by atoms with Crippen molar-refractivity contribution in [2.24, 2.45) is 0 Å². The summed E-state index contributed by atoms with van der Waals surface area (Å²) >= 11 is 0. The number of fused-ring (bicyclic) bond motifs is 1. The Labute approximate surface area is 148 Å². The van der Waals surface area contributed by atoms with Gasteiger partial charge in [0.25, 0.3) is 0 Å². The van der Waals surface area contributed by atoms with E-state index in [-0.39, 0.29) is 0 Å². The standard InChI is InChI=1S/C19H26N6/c1-4-24(5-2)12-16-9-7-8-15(10-16)11-20-18-17-19(22-13-21-18)25(6-3)14-23-17/h7-10,13-14H,4-6,11-12H2,1-3H3,(H,20,21,22). The highest BCUT2D eigenvalue weighted by molar-refractivity contribution is 5.82. The normalized spacial score (nSPS) is 11.4. The van der Waals surface area contributed by atoms with Gasteiger partial charge in [-0.3, -0.25) is 4.90 Å². The zero-order chi connectivity index (χ0) is 17.6. The van der Waals surface area contributed by atoms with Crippen molar-refractivity contribution >= 4 is 17.0 Å². The van der Waals surface area contributed by atoms with Crippen molar-refractivity contribution in [2.75, 3.05) is 18.4 Å². The number of nitrogens with zero attached hydrogens (tertiary/aromatic N) is 5. The molecule has 3 rings (SSSR count). The summed E-state index contributed by atoms with van der Waals surface area (Å²) in [6.07, 6.45) is 3.41. The number of aromatic nitrogens is 4. The van der Waals surface area contributed by atoms with E-state index in [0.29, 0.717) is 0 Å². The molecular formula is C19H26N6. The number of benzene rings is 1. The maximum Gasteiger partial charge on any atom is 0.165 e. The van der Waals surface area contributed by atoms with Crippen molar-refractivity contribution in [1.82, 2.24) is 24.4 Å². The fourth-order valence-electron chi connectivity index (χ4n) is 2.97. The number of aryl methyl sites for hydroxylation is 1. The Hall–Kier alpha value is -2.47. The van der Waals surface area contributed by atoms with E-state index in [4.69, 9.17) is 0 Å². The number of hydrogen-bond donors (Lipinski definition) is 1. The van der Waals surface area contributed by atoms with Crippen LogP contribution in [0.3, 0.4) is 0 Å². The average Bonchev–Trinajstić information content (AvgIpc) is 3.08. The lowest BCUT2D eigenvalue weighted by molar-refractivity contribution is 0.296. The second-order valence-electron chi connectivity index (χ2n) is 6.06. The molecule has 25 heavy (non-hydrogen) atoms. The van der Waals surface area contributed by atoms with Gasteiger partial charge in [0.15, 0.2) is 11.5 Å². The third-order valence-electron chi connectivity index (χ3n) is 4.49. The van der Waals surface area contributed by atoms with Gasteiger partial charge >= 0.3 is 0 Å². The van der Waals surface area contributed by atoms with Crippen molar-refractivity contribution in [3.05, 3.63) is 48.0 Å². The molecule has 1 N–H and O–H groups in total. The molecule has 132 valence electrons. The zero-order valence-corrected chi connectivity index (χ0v) is 15.2. The summed E-state index contributed by atoms with van der Waals surface area (Å²) in [6.45, 7) is 11.2. The zero-order valence-electron chi connectivity index (χ0n) is 15.2. The van der Waals surface area contributed by atoms with E-state index in [0.717, 1.165) is 49.7 Å². The van der Waals surface area contributed by atoms with Crippen LogP contribution in [0.1, 0.15) is 31.9 Å². The molecule has 3 aromatic rings. The number of nitrogens with one attached hydrogen (secondary N) is 1. The third-order valence-corrected chi connectivity index (χ3v) is 4.49. The van der Waals surface area contributed by atoms with Crippen LogP contribution in [-0.4, -0.2) is 37.5 Å². The van der Waals surface area contributed by atoms with Gasteiger partial charge in [0.1, 0.15) is 11.8 Å².